The van der Waals surface area contributed by atoms with Crippen LogP contribution >= 0.6 is 11.6 Å². The number of rotatable bonds is 5. The van der Waals surface area contributed by atoms with Crippen molar-refractivity contribution in [1.82, 2.24) is 14.7 Å². The Morgan fingerprint density at radius 1 is 0.967 bits per heavy atom. The highest BCUT2D eigenvalue weighted by atomic mass is 35.5. The van der Waals surface area contributed by atoms with Gasteiger partial charge in [-0.1, -0.05) is 18.5 Å². The number of carbonyl (C=O) groups excluding carboxylic acids is 1. The lowest BCUT2D eigenvalue weighted by Crippen LogP contribution is -2.40. The van der Waals surface area contributed by atoms with Crippen LogP contribution in [0, 0.1) is 0 Å². The van der Waals surface area contributed by atoms with Crippen LogP contribution in [-0.4, -0.2) is 66.4 Å². The molecule has 0 bridgehead atoms. The summed E-state index contributed by atoms with van der Waals surface area (Å²) in [4.78, 5) is 31.2. The van der Waals surface area contributed by atoms with Gasteiger partial charge in [0.2, 0.25) is 5.91 Å². The Morgan fingerprint density at radius 2 is 1.70 bits per heavy atom. The van der Waals surface area contributed by atoms with E-state index in [9.17, 15) is 9.59 Å². The molecule has 3 heterocycles. The Labute approximate surface area is 182 Å². The first-order valence-corrected chi connectivity index (χ1v) is 11.4. The zero-order chi connectivity index (χ0) is 21.1. The predicted octanol–water partition coefficient (Wildman–Crippen LogP) is 3.14. The fraction of sp³-hybridized carbons (Fsp3) is 0.565. The Hall–Kier alpha value is -1.89. The van der Waals surface area contributed by atoms with E-state index in [2.05, 4.69) is 9.80 Å². The van der Waals surface area contributed by atoms with Gasteiger partial charge in [0, 0.05) is 49.2 Å². The number of fused-ring (bicyclic) bond motifs is 1. The first-order valence-electron chi connectivity index (χ1n) is 11.0. The lowest BCUT2D eigenvalue weighted by Gasteiger charge is -2.24. The van der Waals surface area contributed by atoms with Gasteiger partial charge in [-0.25, -0.2) is 4.79 Å². The molecule has 7 heteroatoms. The number of hydrogen-bond acceptors (Lipinski definition) is 5. The molecule has 0 spiro atoms. The zero-order valence-electron chi connectivity index (χ0n) is 17.7. The molecule has 6 nitrogen and oxygen atoms in total. The fourth-order valence-electron chi connectivity index (χ4n) is 4.53. The molecular weight excluding hydrogens is 402 g/mol. The highest BCUT2D eigenvalue weighted by Crippen LogP contribution is 2.27. The molecule has 1 aromatic carbocycles. The summed E-state index contributed by atoms with van der Waals surface area (Å²) in [5.74, 6) is 0.258. The number of carbonyl (C=O) groups is 1. The molecular formula is C23H30ClN3O3. The van der Waals surface area contributed by atoms with E-state index in [1.165, 1.54) is 0 Å². The third-order valence-corrected chi connectivity index (χ3v) is 6.62. The predicted molar refractivity (Wildman–Crippen MR) is 119 cm³/mol. The molecule has 162 valence electrons. The number of nitrogens with zero attached hydrogens (tertiary/aromatic N) is 3. The van der Waals surface area contributed by atoms with Crippen LogP contribution in [0.4, 0.5) is 0 Å². The summed E-state index contributed by atoms with van der Waals surface area (Å²) < 4.78 is 5.44. The van der Waals surface area contributed by atoms with Crippen LogP contribution in [0.15, 0.2) is 27.4 Å². The maximum atomic E-state index is 12.5. The zero-order valence-corrected chi connectivity index (χ0v) is 18.4. The van der Waals surface area contributed by atoms with Crippen molar-refractivity contribution in [3.05, 3.63) is 44.8 Å². The average molecular weight is 432 g/mol. The highest BCUT2D eigenvalue weighted by molar-refractivity contribution is 6.32. The highest BCUT2D eigenvalue weighted by Gasteiger charge is 2.23. The van der Waals surface area contributed by atoms with E-state index in [0.717, 1.165) is 81.5 Å². The molecule has 0 N–H and O–H groups in total. The Kier molecular flexibility index (Phi) is 6.76. The summed E-state index contributed by atoms with van der Waals surface area (Å²) in [5, 5.41) is 1.62. The largest absolute Gasteiger partial charge is 0.423 e. The lowest BCUT2D eigenvalue weighted by atomic mass is 10.1. The fourth-order valence-corrected chi connectivity index (χ4v) is 4.83. The van der Waals surface area contributed by atoms with Crippen LogP contribution in [0.2, 0.25) is 5.02 Å². The standard InChI is InChI=1S/C23H30ClN3O3/c1-2-17-12-21-19(14-20(17)24)18(13-23(29)30-21)15-25-6-5-7-26(11-10-25)16-22(28)27-8-3-4-9-27/h12-14H,2-11,15-16H2,1H3. The third-order valence-electron chi connectivity index (χ3n) is 6.27. The van der Waals surface area contributed by atoms with Gasteiger partial charge in [0.25, 0.3) is 0 Å². The van der Waals surface area contributed by atoms with Crippen molar-refractivity contribution in [3.8, 4) is 0 Å². The quantitative estimate of drug-likeness (QED) is 0.681. The van der Waals surface area contributed by atoms with Gasteiger partial charge in [0.1, 0.15) is 5.58 Å². The second-order valence-corrected chi connectivity index (χ2v) is 8.78. The molecule has 2 aliphatic heterocycles. The van der Waals surface area contributed by atoms with Gasteiger partial charge in [0.05, 0.1) is 6.54 Å². The van der Waals surface area contributed by atoms with Crippen molar-refractivity contribution in [2.45, 2.75) is 39.2 Å². The van der Waals surface area contributed by atoms with E-state index in [0.29, 0.717) is 23.7 Å². The SMILES string of the molecule is CCc1cc2oc(=O)cc(CN3CCCN(CC(=O)N4CCCC4)CC3)c2cc1Cl. The van der Waals surface area contributed by atoms with Crippen molar-refractivity contribution in [3.63, 3.8) is 0 Å². The summed E-state index contributed by atoms with van der Waals surface area (Å²) >= 11 is 6.43. The van der Waals surface area contributed by atoms with Gasteiger partial charge in [-0.3, -0.25) is 14.6 Å². The molecule has 0 unspecified atom stereocenters. The van der Waals surface area contributed by atoms with Gasteiger partial charge in [-0.2, -0.15) is 0 Å². The van der Waals surface area contributed by atoms with Gasteiger partial charge >= 0.3 is 5.63 Å². The minimum absolute atomic E-state index is 0.258. The minimum Gasteiger partial charge on any atom is -0.423 e. The van der Waals surface area contributed by atoms with Gasteiger partial charge in [-0.05, 0) is 62.0 Å². The molecule has 0 radical (unpaired) electrons. The summed E-state index contributed by atoms with van der Waals surface area (Å²) in [6.45, 7) is 8.65. The van der Waals surface area contributed by atoms with Crippen LogP contribution in [0.3, 0.4) is 0 Å². The monoisotopic (exact) mass is 431 g/mol. The third kappa shape index (κ3) is 4.88. The van der Waals surface area contributed by atoms with Gasteiger partial charge in [-0.15, -0.1) is 0 Å². The van der Waals surface area contributed by atoms with Crippen molar-refractivity contribution in [2.24, 2.45) is 0 Å². The van der Waals surface area contributed by atoms with E-state index >= 15 is 0 Å². The molecule has 2 aromatic rings. The van der Waals surface area contributed by atoms with Crippen molar-refractivity contribution >= 4 is 28.5 Å². The van der Waals surface area contributed by atoms with Crippen LogP contribution in [0.25, 0.3) is 11.0 Å². The van der Waals surface area contributed by atoms with Crippen LogP contribution in [0.5, 0.6) is 0 Å². The van der Waals surface area contributed by atoms with E-state index in [1.54, 1.807) is 6.07 Å². The molecule has 2 fully saturated rings. The van der Waals surface area contributed by atoms with E-state index in [4.69, 9.17) is 16.0 Å². The van der Waals surface area contributed by atoms with Crippen molar-refractivity contribution < 1.29 is 9.21 Å². The number of aryl methyl sites for hydroxylation is 1. The Bertz CT molecular complexity index is 968. The topological polar surface area (TPSA) is 57.0 Å². The maximum Gasteiger partial charge on any atom is 0.336 e. The number of amides is 1. The summed E-state index contributed by atoms with van der Waals surface area (Å²) in [6.07, 6.45) is 4.05. The first-order chi connectivity index (χ1) is 14.5. The smallest absolute Gasteiger partial charge is 0.336 e. The molecule has 4 rings (SSSR count). The number of benzene rings is 1. The molecule has 0 atom stereocenters. The number of likely N-dealkylation sites (tertiary alicyclic amines) is 1. The summed E-state index contributed by atoms with van der Waals surface area (Å²) in [7, 11) is 0. The van der Waals surface area contributed by atoms with Gasteiger partial charge in [0.15, 0.2) is 0 Å². The molecule has 1 aromatic heterocycles. The number of hydrogen-bond donors (Lipinski definition) is 0. The van der Waals surface area contributed by atoms with E-state index in [-0.39, 0.29) is 11.5 Å². The molecule has 1 amide bonds. The second-order valence-electron chi connectivity index (χ2n) is 8.38. The van der Waals surface area contributed by atoms with Crippen LogP contribution < -0.4 is 5.63 Å². The van der Waals surface area contributed by atoms with Crippen molar-refractivity contribution in [2.75, 3.05) is 45.8 Å². The van der Waals surface area contributed by atoms with E-state index in [1.807, 2.05) is 24.0 Å². The number of halogens is 1. The first kappa shape index (κ1) is 21.3. The molecule has 30 heavy (non-hydrogen) atoms. The normalized spacial score (nSPS) is 18.8. The van der Waals surface area contributed by atoms with Gasteiger partial charge < -0.3 is 9.32 Å². The van der Waals surface area contributed by atoms with Crippen LogP contribution in [0.1, 0.15) is 37.3 Å². The summed E-state index contributed by atoms with van der Waals surface area (Å²) in [6, 6.07) is 5.40. The molecule has 0 aliphatic carbocycles. The van der Waals surface area contributed by atoms with Crippen LogP contribution in [-0.2, 0) is 17.8 Å². The Balaban J connectivity index is 1.44. The van der Waals surface area contributed by atoms with E-state index < -0.39 is 0 Å². The molecule has 2 aliphatic rings. The molecule has 0 saturated carbocycles. The maximum absolute atomic E-state index is 12.5. The minimum atomic E-state index is -0.325. The summed E-state index contributed by atoms with van der Waals surface area (Å²) in [5.41, 5.74) is 2.21. The van der Waals surface area contributed by atoms with Crippen molar-refractivity contribution in [1.29, 1.82) is 0 Å². The lowest BCUT2D eigenvalue weighted by molar-refractivity contribution is -0.131. The second kappa shape index (κ2) is 9.50. The molecule has 2 saturated heterocycles. The Morgan fingerprint density at radius 3 is 2.47 bits per heavy atom. The average Bonchev–Trinajstić information content (AvgIpc) is 3.18.